The van der Waals surface area contributed by atoms with Gasteiger partial charge in [-0.3, -0.25) is 0 Å². The fourth-order valence-electron chi connectivity index (χ4n) is 3.71. The van der Waals surface area contributed by atoms with E-state index in [1.807, 2.05) is 11.3 Å². The van der Waals surface area contributed by atoms with E-state index >= 15 is 0 Å². The lowest BCUT2D eigenvalue weighted by atomic mass is 10.1. The fraction of sp³-hybridized carbons (Fsp3) is 0.450. The molecule has 2 aromatic rings. The lowest BCUT2D eigenvalue weighted by Gasteiger charge is -2.32. The van der Waals surface area contributed by atoms with Crippen LogP contribution >= 0.6 is 23.6 Å². The van der Waals surface area contributed by atoms with E-state index in [1.54, 1.807) is 0 Å². The molecule has 0 saturated heterocycles. The second-order valence-corrected chi connectivity index (χ2v) is 8.27. The van der Waals surface area contributed by atoms with Gasteiger partial charge in [-0.05, 0) is 68.4 Å². The van der Waals surface area contributed by atoms with Crippen LogP contribution in [0.25, 0.3) is 0 Å². The summed E-state index contributed by atoms with van der Waals surface area (Å²) in [5, 5.41) is 6.57. The Morgan fingerprint density at radius 2 is 1.88 bits per heavy atom. The number of hydrogen-bond donors (Lipinski definition) is 1. The normalized spacial score (nSPS) is 14.8. The molecule has 4 heteroatoms. The van der Waals surface area contributed by atoms with Gasteiger partial charge in [-0.2, -0.15) is 0 Å². The van der Waals surface area contributed by atoms with Gasteiger partial charge in [0.25, 0.3) is 0 Å². The Hall–Kier alpha value is -1.39. The van der Waals surface area contributed by atoms with E-state index in [9.17, 15) is 0 Å². The minimum atomic E-state index is 0.568. The molecule has 1 aromatic heterocycles. The van der Waals surface area contributed by atoms with Crippen molar-refractivity contribution in [2.24, 2.45) is 0 Å². The molecule has 1 aliphatic rings. The van der Waals surface area contributed by atoms with Gasteiger partial charge in [0.05, 0.1) is 6.54 Å². The largest absolute Gasteiger partial charge is 0.341 e. The molecule has 0 spiro atoms. The van der Waals surface area contributed by atoms with Crippen molar-refractivity contribution in [1.29, 1.82) is 0 Å². The molecule has 0 unspecified atom stereocenters. The zero-order valence-corrected chi connectivity index (χ0v) is 16.4. The highest BCUT2D eigenvalue weighted by molar-refractivity contribution is 7.80. The van der Waals surface area contributed by atoms with E-state index in [0.29, 0.717) is 6.04 Å². The molecule has 1 fully saturated rings. The number of nitrogens with zero attached hydrogens (tertiary/aromatic N) is 1. The van der Waals surface area contributed by atoms with Gasteiger partial charge in [0.1, 0.15) is 0 Å². The Labute approximate surface area is 154 Å². The molecule has 0 aliphatic heterocycles. The molecule has 24 heavy (non-hydrogen) atoms. The predicted molar refractivity (Wildman–Crippen MR) is 109 cm³/mol. The van der Waals surface area contributed by atoms with Crippen LogP contribution in [0.1, 0.15) is 47.3 Å². The molecule has 0 bridgehead atoms. The molecular weight excluding hydrogens is 332 g/mol. The summed E-state index contributed by atoms with van der Waals surface area (Å²) in [6, 6.07) is 9.34. The minimum Gasteiger partial charge on any atom is -0.341 e. The van der Waals surface area contributed by atoms with Crippen molar-refractivity contribution in [2.75, 3.05) is 5.32 Å². The zero-order valence-electron chi connectivity index (χ0n) is 14.8. The minimum absolute atomic E-state index is 0.568. The van der Waals surface area contributed by atoms with Crippen molar-refractivity contribution in [3.63, 3.8) is 0 Å². The quantitative estimate of drug-likeness (QED) is 0.694. The molecular formula is C20H26N2S2. The highest BCUT2D eigenvalue weighted by atomic mass is 32.1. The van der Waals surface area contributed by atoms with E-state index < -0.39 is 0 Å². The van der Waals surface area contributed by atoms with Crippen LogP contribution in [0, 0.1) is 20.8 Å². The first-order valence-corrected chi connectivity index (χ1v) is 10.0. The topological polar surface area (TPSA) is 15.3 Å². The van der Waals surface area contributed by atoms with Crippen LogP contribution in [0.2, 0.25) is 0 Å². The second kappa shape index (κ2) is 7.66. The van der Waals surface area contributed by atoms with Crippen LogP contribution in [-0.4, -0.2) is 16.1 Å². The van der Waals surface area contributed by atoms with Crippen LogP contribution < -0.4 is 5.32 Å². The molecule has 0 amide bonds. The molecule has 0 atom stereocenters. The van der Waals surface area contributed by atoms with E-state index in [0.717, 1.165) is 11.7 Å². The zero-order chi connectivity index (χ0) is 17.1. The van der Waals surface area contributed by atoms with E-state index in [1.165, 1.54) is 52.9 Å². The third-order valence-electron chi connectivity index (χ3n) is 4.84. The lowest BCUT2D eigenvalue weighted by molar-refractivity contribution is 0.314. The smallest absolute Gasteiger partial charge is 0.174 e. The second-order valence-electron chi connectivity index (χ2n) is 6.85. The first-order valence-electron chi connectivity index (χ1n) is 8.72. The number of aryl methyl sites for hydroxylation is 3. The van der Waals surface area contributed by atoms with Crippen molar-refractivity contribution in [2.45, 2.75) is 59.0 Å². The van der Waals surface area contributed by atoms with Gasteiger partial charge in [0.2, 0.25) is 0 Å². The highest BCUT2D eigenvalue weighted by Gasteiger charge is 2.25. The van der Waals surface area contributed by atoms with Gasteiger partial charge in [0, 0.05) is 16.6 Å². The third kappa shape index (κ3) is 3.98. The number of thiophene rings is 1. The van der Waals surface area contributed by atoms with E-state index in [-0.39, 0.29) is 0 Å². The average Bonchev–Trinajstić information content (AvgIpc) is 3.21. The van der Waals surface area contributed by atoms with Crippen LogP contribution in [0.4, 0.5) is 5.69 Å². The Kier molecular flexibility index (Phi) is 5.57. The first kappa shape index (κ1) is 17.4. The summed E-state index contributed by atoms with van der Waals surface area (Å²) in [4.78, 5) is 3.79. The van der Waals surface area contributed by atoms with Crippen molar-refractivity contribution < 1.29 is 0 Å². The van der Waals surface area contributed by atoms with Gasteiger partial charge in [-0.15, -0.1) is 11.3 Å². The summed E-state index contributed by atoms with van der Waals surface area (Å²) in [6.45, 7) is 7.37. The van der Waals surface area contributed by atoms with Crippen LogP contribution in [0.3, 0.4) is 0 Å². The van der Waals surface area contributed by atoms with E-state index in [4.69, 9.17) is 12.2 Å². The Morgan fingerprint density at radius 3 is 2.46 bits per heavy atom. The van der Waals surface area contributed by atoms with Crippen molar-refractivity contribution >= 4 is 34.4 Å². The monoisotopic (exact) mass is 358 g/mol. The Balaban J connectivity index is 1.80. The Morgan fingerprint density at radius 1 is 1.21 bits per heavy atom. The number of benzene rings is 1. The molecule has 1 heterocycles. The maximum Gasteiger partial charge on any atom is 0.174 e. The molecule has 1 aromatic carbocycles. The number of rotatable bonds is 4. The summed E-state index contributed by atoms with van der Waals surface area (Å²) >= 11 is 7.65. The van der Waals surface area contributed by atoms with Gasteiger partial charge < -0.3 is 10.2 Å². The number of nitrogens with one attached hydrogen (secondary N) is 1. The van der Waals surface area contributed by atoms with Crippen molar-refractivity contribution in [3.8, 4) is 0 Å². The van der Waals surface area contributed by atoms with Gasteiger partial charge in [-0.25, -0.2) is 0 Å². The molecule has 0 radical (unpaired) electrons. The Bertz CT molecular complexity index is 677. The summed E-state index contributed by atoms with van der Waals surface area (Å²) in [5.41, 5.74) is 4.99. The summed E-state index contributed by atoms with van der Waals surface area (Å²) < 4.78 is 0. The molecule has 3 rings (SSSR count). The highest BCUT2D eigenvalue weighted by Crippen LogP contribution is 2.28. The van der Waals surface area contributed by atoms with Crippen LogP contribution in [0.5, 0.6) is 0 Å². The maximum absolute atomic E-state index is 5.84. The first-order chi connectivity index (χ1) is 11.5. The molecule has 1 aliphatic carbocycles. The van der Waals surface area contributed by atoms with Crippen molar-refractivity contribution in [1.82, 2.24) is 4.90 Å². The van der Waals surface area contributed by atoms with Gasteiger partial charge in [0.15, 0.2) is 5.11 Å². The standard InChI is InChI=1S/C20H26N2S2/c1-14-11-15(2)19(16(3)12-14)21-20(23)22(17-7-4-5-8-17)13-18-9-6-10-24-18/h6,9-12,17H,4-5,7-8,13H2,1-3H3,(H,21,23). The summed E-state index contributed by atoms with van der Waals surface area (Å²) in [7, 11) is 0. The average molecular weight is 359 g/mol. The predicted octanol–water partition coefficient (Wildman–Crippen LogP) is 5.81. The van der Waals surface area contributed by atoms with Crippen LogP contribution in [0.15, 0.2) is 29.6 Å². The molecule has 1 saturated carbocycles. The van der Waals surface area contributed by atoms with Crippen molar-refractivity contribution in [3.05, 3.63) is 51.2 Å². The molecule has 1 N–H and O–H groups in total. The molecule has 2 nitrogen and oxygen atoms in total. The SMILES string of the molecule is Cc1cc(C)c(NC(=S)N(Cc2cccs2)C2CCCC2)c(C)c1. The number of thiocarbonyl (C=S) groups is 1. The van der Waals surface area contributed by atoms with Gasteiger partial charge in [-0.1, -0.05) is 36.6 Å². The van der Waals surface area contributed by atoms with E-state index in [2.05, 4.69) is 60.6 Å². The molecule has 128 valence electrons. The third-order valence-corrected chi connectivity index (χ3v) is 6.04. The summed E-state index contributed by atoms with van der Waals surface area (Å²) in [5.74, 6) is 0. The lowest BCUT2D eigenvalue weighted by Crippen LogP contribution is -2.41. The number of hydrogen-bond acceptors (Lipinski definition) is 2. The fourth-order valence-corrected chi connectivity index (χ4v) is 4.73. The number of anilines is 1. The maximum atomic E-state index is 5.84. The van der Waals surface area contributed by atoms with Crippen LogP contribution in [-0.2, 0) is 6.54 Å². The van der Waals surface area contributed by atoms with Gasteiger partial charge >= 0.3 is 0 Å². The summed E-state index contributed by atoms with van der Waals surface area (Å²) in [6.07, 6.45) is 5.13.